The van der Waals surface area contributed by atoms with Crippen molar-refractivity contribution in [2.45, 2.75) is 45.2 Å². The normalized spacial score (nSPS) is 13.1. The van der Waals surface area contributed by atoms with E-state index < -0.39 is 6.04 Å². The number of carbonyl (C=O) groups excluding carboxylic acids is 1. The molecular weight excluding hydrogens is 240 g/mol. The molecule has 0 aliphatic rings. The second-order valence-corrected chi connectivity index (χ2v) is 5.54. The van der Waals surface area contributed by atoms with Crippen LogP contribution in [0, 0.1) is 0 Å². The van der Waals surface area contributed by atoms with Gasteiger partial charge in [0.2, 0.25) is 5.91 Å². The molecule has 1 atom stereocenters. The fraction of sp³-hybridized carbons (Fsp3) is 0.533. The summed E-state index contributed by atoms with van der Waals surface area (Å²) in [5.74, 6) is 0.160. The van der Waals surface area contributed by atoms with Crippen LogP contribution >= 0.6 is 0 Å². The molecule has 1 aromatic rings. The average Bonchev–Trinajstić information content (AvgIpc) is 2.39. The van der Waals surface area contributed by atoms with E-state index in [2.05, 4.69) is 6.92 Å². The van der Waals surface area contributed by atoms with E-state index in [1.54, 1.807) is 36.2 Å². The van der Waals surface area contributed by atoms with Crippen molar-refractivity contribution in [1.82, 2.24) is 4.90 Å². The first-order valence-corrected chi connectivity index (χ1v) is 6.59. The van der Waals surface area contributed by atoms with Crippen LogP contribution in [-0.2, 0) is 11.2 Å². The third-order valence-corrected chi connectivity index (χ3v) is 3.81. The molecule has 1 amide bonds. The zero-order valence-corrected chi connectivity index (χ0v) is 12.2. The molecule has 0 fully saturated rings. The predicted octanol–water partition coefficient (Wildman–Crippen LogP) is 1.91. The van der Waals surface area contributed by atoms with Gasteiger partial charge < -0.3 is 15.7 Å². The van der Waals surface area contributed by atoms with Crippen LogP contribution in [0.5, 0.6) is 5.75 Å². The van der Waals surface area contributed by atoms with Crippen molar-refractivity contribution < 1.29 is 9.90 Å². The van der Waals surface area contributed by atoms with Gasteiger partial charge in [-0.15, -0.1) is 0 Å². The third kappa shape index (κ3) is 3.96. The van der Waals surface area contributed by atoms with Crippen molar-refractivity contribution in [2.24, 2.45) is 5.73 Å². The van der Waals surface area contributed by atoms with Crippen LogP contribution in [0.3, 0.4) is 0 Å². The zero-order valence-electron chi connectivity index (χ0n) is 12.2. The van der Waals surface area contributed by atoms with Crippen molar-refractivity contribution in [2.75, 3.05) is 7.05 Å². The fourth-order valence-electron chi connectivity index (χ4n) is 1.76. The Morgan fingerprint density at radius 1 is 1.37 bits per heavy atom. The number of carbonyl (C=O) groups is 1. The Balaban J connectivity index is 2.70. The number of amides is 1. The summed E-state index contributed by atoms with van der Waals surface area (Å²) in [6.45, 7) is 6.10. The molecule has 0 bridgehead atoms. The van der Waals surface area contributed by atoms with Crippen LogP contribution in [0.4, 0.5) is 0 Å². The van der Waals surface area contributed by atoms with Crippen LogP contribution < -0.4 is 5.73 Å². The van der Waals surface area contributed by atoms with Crippen molar-refractivity contribution in [3.05, 3.63) is 29.8 Å². The van der Waals surface area contributed by atoms with Gasteiger partial charge in [0.15, 0.2) is 0 Å². The molecule has 4 heteroatoms. The lowest BCUT2D eigenvalue weighted by Gasteiger charge is -2.36. The van der Waals surface area contributed by atoms with Gasteiger partial charge >= 0.3 is 0 Å². The highest BCUT2D eigenvalue weighted by atomic mass is 16.3. The van der Waals surface area contributed by atoms with Gasteiger partial charge in [-0.05, 0) is 44.4 Å². The SMILES string of the molecule is CCC(C)(C)N(C)C(=O)[C@@H](N)Cc1ccc(O)cc1. The largest absolute Gasteiger partial charge is 0.508 e. The van der Waals surface area contributed by atoms with Gasteiger partial charge in [-0.1, -0.05) is 19.1 Å². The maximum Gasteiger partial charge on any atom is 0.240 e. The van der Waals surface area contributed by atoms with E-state index in [-0.39, 0.29) is 17.2 Å². The van der Waals surface area contributed by atoms with Gasteiger partial charge in [-0.25, -0.2) is 0 Å². The van der Waals surface area contributed by atoms with E-state index >= 15 is 0 Å². The number of likely N-dealkylation sites (N-methyl/N-ethyl adjacent to an activating group) is 1. The van der Waals surface area contributed by atoms with Gasteiger partial charge in [0, 0.05) is 12.6 Å². The Hall–Kier alpha value is -1.55. The highest BCUT2D eigenvalue weighted by Crippen LogP contribution is 2.18. The summed E-state index contributed by atoms with van der Waals surface area (Å²) in [4.78, 5) is 14.0. The standard InChI is InChI=1S/C15H24N2O2/c1-5-15(2,3)17(4)14(19)13(16)10-11-6-8-12(18)9-7-11/h6-9,13,18H,5,10,16H2,1-4H3/t13-/m0/s1. The third-order valence-electron chi connectivity index (χ3n) is 3.81. The number of nitrogens with two attached hydrogens (primary N) is 1. The molecule has 1 rings (SSSR count). The number of nitrogens with zero attached hydrogens (tertiary/aromatic N) is 1. The highest BCUT2D eigenvalue weighted by molar-refractivity contribution is 5.82. The molecule has 106 valence electrons. The number of phenolic OH excluding ortho intramolecular Hbond substituents is 1. The Labute approximate surface area is 115 Å². The Bertz CT molecular complexity index is 426. The van der Waals surface area contributed by atoms with Crippen LogP contribution in [0.1, 0.15) is 32.8 Å². The topological polar surface area (TPSA) is 66.6 Å². The van der Waals surface area contributed by atoms with Gasteiger partial charge in [-0.3, -0.25) is 4.79 Å². The minimum absolute atomic E-state index is 0.0556. The van der Waals surface area contributed by atoms with E-state index in [1.165, 1.54) is 0 Å². The Morgan fingerprint density at radius 3 is 2.37 bits per heavy atom. The quantitative estimate of drug-likeness (QED) is 0.853. The summed E-state index contributed by atoms with van der Waals surface area (Å²) < 4.78 is 0. The van der Waals surface area contributed by atoms with Gasteiger partial charge in [0.05, 0.1) is 6.04 Å². The molecule has 0 aromatic heterocycles. The summed E-state index contributed by atoms with van der Waals surface area (Å²) in [7, 11) is 1.79. The molecule has 0 aliphatic heterocycles. The first kappa shape index (κ1) is 15.5. The van der Waals surface area contributed by atoms with Crippen molar-refractivity contribution in [3.8, 4) is 5.75 Å². The average molecular weight is 264 g/mol. The molecule has 0 spiro atoms. The first-order chi connectivity index (χ1) is 8.77. The molecule has 4 nitrogen and oxygen atoms in total. The number of phenols is 1. The maximum absolute atomic E-state index is 12.3. The molecule has 0 aliphatic carbocycles. The molecule has 19 heavy (non-hydrogen) atoms. The minimum atomic E-state index is -0.555. The second kappa shape index (κ2) is 6.06. The molecule has 3 N–H and O–H groups in total. The van der Waals surface area contributed by atoms with E-state index in [0.717, 1.165) is 12.0 Å². The van der Waals surface area contributed by atoms with Gasteiger partial charge in [0.25, 0.3) is 0 Å². The maximum atomic E-state index is 12.3. The minimum Gasteiger partial charge on any atom is -0.508 e. The summed E-state index contributed by atoms with van der Waals surface area (Å²) >= 11 is 0. The number of hydrogen-bond donors (Lipinski definition) is 2. The molecule has 0 radical (unpaired) electrons. The number of benzene rings is 1. The van der Waals surface area contributed by atoms with Crippen molar-refractivity contribution in [3.63, 3.8) is 0 Å². The Morgan fingerprint density at radius 2 is 1.89 bits per heavy atom. The van der Waals surface area contributed by atoms with Crippen LogP contribution in [0.15, 0.2) is 24.3 Å². The molecular formula is C15H24N2O2. The summed E-state index contributed by atoms with van der Waals surface area (Å²) in [5, 5.41) is 9.22. The van der Waals surface area contributed by atoms with Gasteiger partial charge in [0.1, 0.15) is 5.75 Å². The lowest BCUT2D eigenvalue weighted by Crippen LogP contribution is -2.51. The number of hydrogen-bond acceptors (Lipinski definition) is 3. The van der Waals surface area contributed by atoms with Crippen molar-refractivity contribution >= 4 is 5.91 Å². The summed E-state index contributed by atoms with van der Waals surface area (Å²) in [6, 6.07) is 6.22. The van der Waals surface area contributed by atoms with E-state index in [9.17, 15) is 9.90 Å². The van der Waals surface area contributed by atoms with Crippen LogP contribution in [-0.4, -0.2) is 34.5 Å². The molecule has 0 heterocycles. The molecule has 0 unspecified atom stereocenters. The fourth-order valence-corrected chi connectivity index (χ4v) is 1.76. The first-order valence-electron chi connectivity index (χ1n) is 6.59. The Kier molecular flexibility index (Phi) is 4.95. The number of aromatic hydroxyl groups is 1. The zero-order chi connectivity index (χ0) is 14.6. The molecule has 0 saturated heterocycles. The van der Waals surface area contributed by atoms with Crippen molar-refractivity contribution in [1.29, 1.82) is 0 Å². The summed E-state index contributed by atoms with van der Waals surface area (Å²) in [6.07, 6.45) is 1.35. The molecule has 0 saturated carbocycles. The monoisotopic (exact) mass is 264 g/mol. The highest BCUT2D eigenvalue weighted by Gasteiger charge is 2.28. The smallest absolute Gasteiger partial charge is 0.240 e. The van der Waals surface area contributed by atoms with Gasteiger partial charge in [-0.2, -0.15) is 0 Å². The van der Waals surface area contributed by atoms with Crippen LogP contribution in [0.25, 0.3) is 0 Å². The van der Waals surface area contributed by atoms with Crippen LogP contribution in [0.2, 0.25) is 0 Å². The number of rotatable bonds is 5. The second-order valence-electron chi connectivity index (χ2n) is 5.54. The lowest BCUT2D eigenvalue weighted by atomic mass is 9.97. The summed E-state index contributed by atoms with van der Waals surface area (Å²) in [5.41, 5.74) is 6.74. The molecule has 1 aromatic carbocycles. The van der Waals surface area contributed by atoms with E-state index in [1.807, 2.05) is 13.8 Å². The predicted molar refractivity (Wildman–Crippen MR) is 76.9 cm³/mol. The lowest BCUT2D eigenvalue weighted by molar-refractivity contribution is -0.136. The van der Waals surface area contributed by atoms with E-state index in [0.29, 0.717) is 6.42 Å². The van der Waals surface area contributed by atoms with E-state index in [4.69, 9.17) is 5.73 Å².